The van der Waals surface area contributed by atoms with Crippen LogP contribution in [-0.4, -0.2) is 59.1 Å². The molecule has 0 aromatic heterocycles. The smallest absolute Gasteiger partial charge is 0.322 e. The van der Waals surface area contributed by atoms with Crippen LogP contribution in [0.4, 0.5) is 0 Å². The minimum absolute atomic E-state index is 0.00935. The van der Waals surface area contributed by atoms with Crippen molar-refractivity contribution in [2.45, 2.75) is 164 Å². The maximum absolute atomic E-state index is 14.4. The number of hydrogen-bond donors (Lipinski definition) is 4. The number of carbonyl (C=O) groups is 5. The van der Waals surface area contributed by atoms with Crippen LogP contribution in [0, 0.1) is 50.2 Å². The van der Waals surface area contributed by atoms with Crippen molar-refractivity contribution in [3.63, 3.8) is 0 Å². The number of allylic oxidation sites excluding steroid dienone is 2. The number of esters is 1. The summed E-state index contributed by atoms with van der Waals surface area (Å²) >= 11 is 0. The van der Waals surface area contributed by atoms with E-state index in [4.69, 9.17) is 14.9 Å². The quantitative estimate of drug-likeness (QED) is 0.0797. The van der Waals surface area contributed by atoms with E-state index in [0.717, 1.165) is 77.0 Å². The topological polar surface area (TPSA) is 159 Å². The Morgan fingerprint density at radius 3 is 2.17 bits per heavy atom. The molecule has 4 N–H and O–H groups in total. The lowest BCUT2D eigenvalue weighted by atomic mass is 9.33. The van der Waals surface area contributed by atoms with Gasteiger partial charge in [0, 0.05) is 31.2 Å². The first kappa shape index (κ1) is 41.3. The van der Waals surface area contributed by atoms with Crippen molar-refractivity contribution in [1.82, 2.24) is 10.6 Å². The van der Waals surface area contributed by atoms with Crippen molar-refractivity contribution in [3.8, 4) is 0 Å². The number of carbonyl (C=O) groups excluding carboxylic acids is 3. The van der Waals surface area contributed by atoms with Gasteiger partial charge in [-0.15, -0.1) is 0 Å². The lowest BCUT2D eigenvalue weighted by molar-refractivity contribution is -0.213. The predicted molar refractivity (Wildman–Crippen MR) is 203 cm³/mol. The van der Waals surface area contributed by atoms with E-state index < -0.39 is 17.4 Å². The van der Waals surface area contributed by atoms with Gasteiger partial charge in [-0.1, -0.05) is 66.5 Å². The Balaban J connectivity index is 1.30. The summed E-state index contributed by atoms with van der Waals surface area (Å²) in [6.45, 7) is 17.1. The summed E-state index contributed by atoms with van der Waals surface area (Å²) < 4.78 is 6.12. The number of unbranched alkanes of at least 4 members (excludes halogenated alkanes) is 2. The summed E-state index contributed by atoms with van der Waals surface area (Å²) in [5.41, 5.74) is 1.25. The second-order valence-electron chi connectivity index (χ2n) is 19.7. The van der Waals surface area contributed by atoms with Gasteiger partial charge in [-0.3, -0.25) is 24.0 Å². The van der Waals surface area contributed by atoms with Gasteiger partial charge >= 0.3 is 17.9 Å². The summed E-state index contributed by atoms with van der Waals surface area (Å²) in [5.74, 6) is -1.19. The lowest BCUT2D eigenvalue weighted by Gasteiger charge is -2.71. The molecule has 0 saturated heterocycles. The molecule has 4 saturated carbocycles. The van der Waals surface area contributed by atoms with E-state index in [-0.39, 0.29) is 82.7 Å². The van der Waals surface area contributed by atoms with Gasteiger partial charge in [-0.2, -0.15) is 0 Å². The Hall–Kier alpha value is -2.91. The molecular formula is C43H68N2O8. The number of carboxylic acid groups (broad SMARTS) is 2. The first-order chi connectivity index (χ1) is 24.7. The Morgan fingerprint density at radius 1 is 0.755 bits per heavy atom. The van der Waals surface area contributed by atoms with Gasteiger partial charge in [0.1, 0.15) is 12.6 Å². The van der Waals surface area contributed by atoms with Gasteiger partial charge in [0.15, 0.2) is 0 Å². The van der Waals surface area contributed by atoms with Crippen LogP contribution in [0.25, 0.3) is 0 Å². The van der Waals surface area contributed by atoms with Crippen molar-refractivity contribution in [2.24, 2.45) is 50.2 Å². The third kappa shape index (κ3) is 7.81. The second-order valence-corrected chi connectivity index (χ2v) is 19.7. The Labute approximate surface area is 317 Å². The number of fused-ring (bicyclic) bond motifs is 7. The third-order valence-electron chi connectivity index (χ3n) is 15.9. The van der Waals surface area contributed by atoms with Crippen LogP contribution in [-0.2, 0) is 28.7 Å². The van der Waals surface area contributed by atoms with Crippen molar-refractivity contribution in [3.05, 3.63) is 11.6 Å². The highest BCUT2D eigenvalue weighted by atomic mass is 16.5. The summed E-state index contributed by atoms with van der Waals surface area (Å²) in [4.78, 5) is 60.8. The number of aliphatic carboxylic acids is 2. The van der Waals surface area contributed by atoms with Gasteiger partial charge in [0.05, 0.1) is 5.41 Å². The average Bonchev–Trinajstić information content (AvgIpc) is 3.06. The first-order valence-electron chi connectivity index (χ1n) is 20.6. The molecule has 0 aromatic carbocycles. The van der Waals surface area contributed by atoms with E-state index in [0.29, 0.717) is 31.2 Å². The van der Waals surface area contributed by atoms with E-state index in [2.05, 4.69) is 65.2 Å². The molecule has 298 valence electrons. The van der Waals surface area contributed by atoms with Crippen molar-refractivity contribution in [1.29, 1.82) is 0 Å². The van der Waals surface area contributed by atoms with Crippen LogP contribution in [0.15, 0.2) is 11.6 Å². The van der Waals surface area contributed by atoms with Crippen molar-refractivity contribution < 1.29 is 38.9 Å². The molecule has 2 amide bonds. The molecule has 0 bridgehead atoms. The molecule has 0 heterocycles. The molecule has 10 nitrogen and oxygen atoms in total. The maximum Gasteiger partial charge on any atom is 0.322 e. The molecule has 8 atom stereocenters. The van der Waals surface area contributed by atoms with Crippen LogP contribution in [0.2, 0.25) is 0 Å². The van der Waals surface area contributed by atoms with E-state index >= 15 is 0 Å². The number of hydrogen-bond acceptors (Lipinski definition) is 6. The van der Waals surface area contributed by atoms with Crippen molar-refractivity contribution in [2.75, 3.05) is 13.1 Å². The van der Waals surface area contributed by atoms with Gasteiger partial charge in [-0.05, 0) is 123 Å². The standard InChI is InChI=1S/C43H68N2O8/c1-38(2)21-23-43(37(52)44-25-10-8-9-12-33(46)45-27-35(49)50)24-22-41(6)28(29(43)26-38)15-16-31-40(5)19-18-32(53-36(51)14-11-13-34(47)48)39(3,4)30(40)17-20-42(31,41)7/h15,29-32H,8-14,16-27H2,1-7H3,(H,44,52)(H,45,46)(H,47,48)(H,49,50)/t29-,30-,31+,32-,40-,41+,42+,43-/m0/s1. The zero-order chi connectivity index (χ0) is 39.0. The molecule has 5 aliphatic rings. The number of ether oxygens (including phenoxy) is 1. The minimum atomic E-state index is -1.05. The zero-order valence-electron chi connectivity index (χ0n) is 33.7. The van der Waals surface area contributed by atoms with Crippen molar-refractivity contribution >= 4 is 29.7 Å². The molecule has 5 rings (SSSR count). The molecule has 10 heteroatoms. The number of amides is 2. The second kappa shape index (κ2) is 15.3. The summed E-state index contributed by atoms with van der Waals surface area (Å²) in [6, 6.07) is 0. The molecule has 0 aliphatic heterocycles. The summed E-state index contributed by atoms with van der Waals surface area (Å²) in [7, 11) is 0. The first-order valence-corrected chi connectivity index (χ1v) is 20.6. The molecule has 53 heavy (non-hydrogen) atoms. The van der Waals surface area contributed by atoms with Crippen LogP contribution in [0.1, 0.15) is 158 Å². The Bertz CT molecular complexity index is 1470. The van der Waals surface area contributed by atoms with Crippen LogP contribution in [0.3, 0.4) is 0 Å². The van der Waals surface area contributed by atoms with Gasteiger partial charge in [0.2, 0.25) is 11.8 Å². The van der Waals surface area contributed by atoms with Gasteiger partial charge in [0.25, 0.3) is 0 Å². The van der Waals surface area contributed by atoms with E-state index in [1.165, 1.54) is 5.57 Å². The zero-order valence-corrected chi connectivity index (χ0v) is 33.7. The number of nitrogens with one attached hydrogen (secondary N) is 2. The van der Waals surface area contributed by atoms with Crippen LogP contribution < -0.4 is 10.6 Å². The number of rotatable bonds is 14. The Morgan fingerprint density at radius 2 is 1.47 bits per heavy atom. The molecular weight excluding hydrogens is 672 g/mol. The lowest BCUT2D eigenvalue weighted by Crippen LogP contribution is -2.65. The fourth-order valence-electron chi connectivity index (χ4n) is 12.7. The van der Waals surface area contributed by atoms with E-state index in [9.17, 15) is 24.0 Å². The highest BCUT2D eigenvalue weighted by Gasteiger charge is 2.69. The highest BCUT2D eigenvalue weighted by Crippen LogP contribution is 2.75. The monoisotopic (exact) mass is 740 g/mol. The normalized spacial score (nSPS) is 36.6. The van der Waals surface area contributed by atoms with Gasteiger partial charge in [-0.25, -0.2) is 0 Å². The van der Waals surface area contributed by atoms with Crippen LogP contribution >= 0.6 is 0 Å². The SMILES string of the molecule is CC1(C)CC[C@]2(C(=O)NCCCCCC(=O)NCC(=O)O)CC[C@]3(C)C(=CC[C@@H]4[C@@]5(C)CC[C@H](OC(=O)CCCC(=O)O)C(C)(C)[C@@H]5CC[C@]43C)[C@@H]2C1. The number of carboxylic acids is 2. The molecule has 5 aliphatic carbocycles. The molecule has 0 spiro atoms. The largest absolute Gasteiger partial charge is 0.481 e. The molecule has 0 radical (unpaired) electrons. The summed E-state index contributed by atoms with van der Waals surface area (Å²) in [5, 5.41) is 23.5. The third-order valence-corrected chi connectivity index (χ3v) is 15.9. The molecule has 0 unspecified atom stereocenters. The fourth-order valence-corrected chi connectivity index (χ4v) is 12.7. The molecule has 4 fully saturated rings. The summed E-state index contributed by atoms with van der Waals surface area (Å²) in [6.07, 6.45) is 15.2. The maximum atomic E-state index is 14.4. The average molecular weight is 741 g/mol. The van der Waals surface area contributed by atoms with E-state index in [1.807, 2.05) is 0 Å². The minimum Gasteiger partial charge on any atom is -0.481 e. The predicted octanol–water partition coefficient (Wildman–Crippen LogP) is 7.83. The Kier molecular flexibility index (Phi) is 11.9. The fraction of sp³-hybridized carbons (Fsp3) is 0.837. The van der Waals surface area contributed by atoms with Gasteiger partial charge < -0.3 is 25.6 Å². The molecule has 0 aromatic rings. The van der Waals surface area contributed by atoms with E-state index in [1.54, 1.807) is 0 Å². The highest BCUT2D eigenvalue weighted by molar-refractivity contribution is 5.84. The van der Waals surface area contributed by atoms with Crippen LogP contribution in [0.5, 0.6) is 0 Å².